The molecule has 0 bridgehead atoms. The van der Waals surface area contributed by atoms with Crippen LogP contribution < -0.4 is 0 Å². The van der Waals surface area contributed by atoms with Gasteiger partial charge in [-0.25, -0.2) is 0 Å². The molecule has 0 saturated carbocycles. The highest BCUT2D eigenvalue weighted by molar-refractivity contribution is 4.80. The minimum absolute atomic E-state index is 0.868. The van der Waals surface area contributed by atoms with Crippen molar-refractivity contribution in [2.45, 2.75) is 52.4 Å². The van der Waals surface area contributed by atoms with E-state index in [1.165, 1.54) is 38.5 Å². The van der Waals surface area contributed by atoms with Gasteiger partial charge in [0, 0.05) is 0 Å². The summed E-state index contributed by atoms with van der Waals surface area (Å²) >= 11 is 0. The van der Waals surface area contributed by atoms with Crippen molar-refractivity contribution in [1.29, 1.82) is 0 Å². The Hall–Kier alpha value is -0.560. The van der Waals surface area contributed by atoms with Crippen LogP contribution >= 0.6 is 0 Å². The van der Waals surface area contributed by atoms with Crippen LogP contribution in [0.5, 0.6) is 0 Å². The monoisotopic (exact) mass is 210 g/mol. The van der Waals surface area contributed by atoms with Crippen LogP contribution in [0.1, 0.15) is 52.4 Å². The van der Waals surface area contributed by atoms with Crippen molar-refractivity contribution in [3.8, 4) is 0 Å². The van der Waals surface area contributed by atoms with Gasteiger partial charge in [0.2, 0.25) is 0 Å². The molecule has 0 N–H and O–H groups in total. The summed E-state index contributed by atoms with van der Waals surface area (Å²) < 4.78 is 0.868. The second-order valence-electron chi connectivity index (χ2n) is 4.68. The quantitative estimate of drug-likeness (QED) is 0.409. The average Bonchev–Trinajstić information content (AvgIpc) is 2.20. The molecule has 0 heterocycles. The number of nitrogens with zero attached hydrogens (tertiary/aromatic N) is 1. The Kier molecular flexibility index (Phi) is 8.40. The maximum atomic E-state index is 2.30. The van der Waals surface area contributed by atoms with Gasteiger partial charge in [0.05, 0.1) is 26.5 Å². The summed E-state index contributed by atoms with van der Waals surface area (Å²) in [5.74, 6) is 0. The van der Waals surface area contributed by atoms with Crippen LogP contribution in [-0.4, -0.2) is 18.6 Å². The van der Waals surface area contributed by atoms with E-state index in [0.29, 0.717) is 0 Å². The SMILES string of the molecule is CCCCC=C[N+](C)(C)C=CCCCC. The Balaban J connectivity index is 3.83. The zero-order chi connectivity index (χ0) is 11.6. The molecule has 0 aliphatic carbocycles. The molecule has 0 rings (SSSR count). The molecule has 0 amide bonds. The van der Waals surface area contributed by atoms with Gasteiger partial charge in [-0.3, -0.25) is 4.48 Å². The number of unbranched alkanes of at least 4 members (excludes halogenated alkanes) is 4. The van der Waals surface area contributed by atoms with E-state index in [1.807, 2.05) is 0 Å². The molecule has 0 aromatic heterocycles. The smallest absolute Gasteiger partial charge is 0.0959 e. The molecule has 1 nitrogen and oxygen atoms in total. The molecule has 0 aromatic carbocycles. The van der Waals surface area contributed by atoms with E-state index >= 15 is 0 Å². The fourth-order valence-corrected chi connectivity index (χ4v) is 1.39. The highest BCUT2D eigenvalue weighted by Gasteiger charge is 2.04. The largest absolute Gasteiger partial charge is 0.276 e. The maximum Gasteiger partial charge on any atom is 0.0959 e. The van der Waals surface area contributed by atoms with Crippen molar-refractivity contribution in [2.75, 3.05) is 14.1 Å². The minimum Gasteiger partial charge on any atom is -0.276 e. The van der Waals surface area contributed by atoms with Gasteiger partial charge in [-0.1, -0.05) is 26.7 Å². The first-order chi connectivity index (χ1) is 7.12. The van der Waals surface area contributed by atoms with Gasteiger partial charge in [-0.15, -0.1) is 0 Å². The first kappa shape index (κ1) is 14.4. The van der Waals surface area contributed by atoms with E-state index in [9.17, 15) is 0 Å². The molecule has 0 spiro atoms. The standard InChI is InChI=1S/C14H28N/c1-5-7-9-11-13-15(3,4)14-12-10-8-6-2/h11-14H,5-10H2,1-4H3/q+1. The van der Waals surface area contributed by atoms with Gasteiger partial charge in [-0.05, 0) is 37.8 Å². The number of allylic oxidation sites excluding steroid dienone is 2. The third kappa shape index (κ3) is 9.74. The fourth-order valence-electron chi connectivity index (χ4n) is 1.39. The third-order valence-electron chi connectivity index (χ3n) is 2.43. The molecule has 0 fully saturated rings. The first-order valence-corrected chi connectivity index (χ1v) is 6.31. The maximum absolute atomic E-state index is 2.30. The number of quaternary nitrogens is 1. The number of hydrogen-bond donors (Lipinski definition) is 0. The Bertz CT molecular complexity index is 170. The normalized spacial score (nSPS) is 13.1. The lowest BCUT2D eigenvalue weighted by molar-refractivity contribution is -0.784. The Morgan fingerprint density at radius 3 is 1.53 bits per heavy atom. The zero-order valence-corrected chi connectivity index (χ0v) is 11.0. The second kappa shape index (κ2) is 8.72. The predicted molar refractivity (Wildman–Crippen MR) is 69.4 cm³/mol. The lowest BCUT2D eigenvalue weighted by atomic mass is 10.2. The van der Waals surface area contributed by atoms with Gasteiger partial charge in [0.1, 0.15) is 0 Å². The van der Waals surface area contributed by atoms with E-state index in [1.54, 1.807) is 0 Å². The lowest BCUT2D eigenvalue weighted by Gasteiger charge is -2.19. The Morgan fingerprint density at radius 2 is 1.20 bits per heavy atom. The van der Waals surface area contributed by atoms with Crippen molar-refractivity contribution in [2.24, 2.45) is 0 Å². The van der Waals surface area contributed by atoms with E-state index < -0.39 is 0 Å². The van der Waals surface area contributed by atoms with E-state index in [-0.39, 0.29) is 0 Å². The molecule has 1 heteroatoms. The molecule has 0 aliphatic rings. The first-order valence-electron chi connectivity index (χ1n) is 6.31. The summed E-state index contributed by atoms with van der Waals surface area (Å²) in [6.45, 7) is 4.47. The van der Waals surface area contributed by atoms with Crippen LogP contribution in [0.2, 0.25) is 0 Å². The molecular formula is C14H28N+. The predicted octanol–water partition coefficient (Wildman–Crippen LogP) is 4.47. The van der Waals surface area contributed by atoms with Crippen molar-refractivity contribution >= 4 is 0 Å². The van der Waals surface area contributed by atoms with Crippen molar-refractivity contribution in [1.82, 2.24) is 0 Å². The van der Waals surface area contributed by atoms with Crippen LogP contribution in [0.4, 0.5) is 0 Å². The highest BCUT2D eigenvalue weighted by Crippen LogP contribution is 2.05. The molecule has 0 saturated heterocycles. The molecule has 0 atom stereocenters. The van der Waals surface area contributed by atoms with E-state index in [2.05, 4.69) is 52.5 Å². The van der Waals surface area contributed by atoms with Crippen LogP contribution in [0, 0.1) is 0 Å². The summed E-state index contributed by atoms with van der Waals surface area (Å²) in [5.41, 5.74) is 0. The van der Waals surface area contributed by atoms with E-state index in [0.717, 1.165) is 4.48 Å². The topological polar surface area (TPSA) is 0 Å². The van der Waals surface area contributed by atoms with Crippen molar-refractivity contribution in [3.05, 3.63) is 24.6 Å². The minimum atomic E-state index is 0.868. The average molecular weight is 210 g/mol. The Labute approximate surface area is 96.1 Å². The Morgan fingerprint density at radius 1 is 0.800 bits per heavy atom. The fraction of sp³-hybridized carbons (Fsp3) is 0.714. The zero-order valence-electron chi connectivity index (χ0n) is 11.0. The van der Waals surface area contributed by atoms with Crippen LogP contribution in [0.25, 0.3) is 0 Å². The van der Waals surface area contributed by atoms with Gasteiger partial charge in [0.15, 0.2) is 0 Å². The van der Waals surface area contributed by atoms with Crippen molar-refractivity contribution in [3.63, 3.8) is 0 Å². The van der Waals surface area contributed by atoms with Gasteiger partial charge in [-0.2, -0.15) is 0 Å². The van der Waals surface area contributed by atoms with Gasteiger partial charge in [0.25, 0.3) is 0 Å². The third-order valence-corrected chi connectivity index (χ3v) is 2.43. The summed E-state index contributed by atoms with van der Waals surface area (Å²) in [5, 5.41) is 0. The summed E-state index contributed by atoms with van der Waals surface area (Å²) in [6.07, 6.45) is 16.7. The molecule has 0 unspecified atom stereocenters. The summed E-state index contributed by atoms with van der Waals surface area (Å²) in [7, 11) is 4.43. The van der Waals surface area contributed by atoms with Crippen LogP contribution in [-0.2, 0) is 0 Å². The number of rotatable bonds is 8. The lowest BCUT2D eigenvalue weighted by Crippen LogP contribution is -2.25. The molecule has 88 valence electrons. The molecule has 0 aromatic rings. The molecular weight excluding hydrogens is 182 g/mol. The highest BCUT2D eigenvalue weighted by atomic mass is 15.3. The van der Waals surface area contributed by atoms with Gasteiger partial charge < -0.3 is 0 Å². The van der Waals surface area contributed by atoms with Crippen LogP contribution in [0.3, 0.4) is 0 Å². The number of hydrogen-bond acceptors (Lipinski definition) is 0. The molecule has 0 radical (unpaired) electrons. The van der Waals surface area contributed by atoms with E-state index in [4.69, 9.17) is 0 Å². The second-order valence-corrected chi connectivity index (χ2v) is 4.68. The van der Waals surface area contributed by atoms with Crippen LogP contribution in [0.15, 0.2) is 24.6 Å². The molecule has 15 heavy (non-hydrogen) atoms. The summed E-state index contributed by atoms with van der Waals surface area (Å²) in [6, 6.07) is 0. The van der Waals surface area contributed by atoms with Gasteiger partial charge >= 0.3 is 0 Å². The summed E-state index contributed by atoms with van der Waals surface area (Å²) in [4.78, 5) is 0. The molecule has 0 aliphatic heterocycles. The van der Waals surface area contributed by atoms with Crippen molar-refractivity contribution < 1.29 is 4.48 Å².